The highest BCUT2D eigenvalue weighted by molar-refractivity contribution is 6.30. The van der Waals surface area contributed by atoms with Crippen LogP contribution in [0.4, 0.5) is 0 Å². The average Bonchev–Trinajstić information content (AvgIpc) is 3.10. The van der Waals surface area contributed by atoms with Gasteiger partial charge in [0.05, 0.1) is 17.3 Å². The molecule has 2 rings (SSSR count). The highest BCUT2D eigenvalue weighted by Crippen LogP contribution is 2.14. The lowest BCUT2D eigenvalue weighted by Crippen LogP contribution is -2.38. The largest absolute Gasteiger partial charge is 0.359 e. The number of nitrogens with one attached hydrogen (secondary N) is 1. The lowest BCUT2D eigenvalue weighted by Gasteiger charge is -2.22. The molecular formula is C16H24ClN5O. The molecule has 0 aromatic carbocycles. The van der Waals surface area contributed by atoms with Gasteiger partial charge in [0.25, 0.3) is 0 Å². The zero-order chi connectivity index (χ0) is 16.8. The number of halogens is 1. The summed E-state index contributed by atoms with van der Waals surface area (Å²) in [5.74, 6) is 1.59. The van der Waals surface area contributed by atoms with Crippen LogP contribution in [0.25, 0.3) is 0 Å². The van der Waals surface area contributed by atoms with E-state index in [0.717, 1.165) is 41.1 Å². The number of aliphatic imine (C=N–C) groups is 1. The molecule has 2 aromatic rings. The first kappa shape index (κ1) is 17.4. The van der Waals surface area contributed by atoms with E-state index in [1.165, 1.54) is 0 Å². The Balaban J connectivity index is 2.06. The fraction of sp³-hybridized carbons (Fsp3) is 0.500. The second kappa shape index (κ2) is 8.06. The number of guanidine groups is 1. The zero-order valence-corrected chi connectivity index (χ0v) is 14.9. The summed E-state index contributed by atoms with van der Waals surface area (Å²) in [5.41, 5.74) is 2.07. The van der Waals surface area contributed by atoms with Gasteiger partial charge < -0.3 is 19.3 Å². The lowest BCUT2D eigenvalue weighted by molar-refractivity contribution is 0.378. The van der Waals surface area contributed by atoms with Crippen LogP contribution in [0.15, 0.2) is 27.8 Å². The van der Waals surface area contributed by atoms with Gasteiger partial charge in [0.15, 0.2) is 11.7 Å². The average molecular weight is 338 g/mol. The normalized spacial score (nSPS) is 11.8. The van der Waals surface area contributed by atoms with Crippen molar-refractivity contribution in [3.8, 4) is 0 Å². The van der Waals surface area contributed by atoms with E-state index in [2.05, 4.69) is 20.4 Å². The van der Waals surface area contributed by atoms with Gasteiger partial charge in [0.2, 0.25) is 0 Å². The van der Waals surface area contributed by atoms with Gasteiger partial charge >= 0.3 is 0 Å². The van der Waals surface area contributed by atoms with Gasteiger partial charge in [-0.3, -0.25) is 0 Å². The van der Waals surface area contributed by atoms with Gasteiger partial charge in [-0.05, 0) is 19.4 Å². The number of hydrogen-bond donors (Lipinski definition) is 1. The Hall–Kier alpha value is -1.95. The molecule has 0 radical (unpaired) electrons. The topological polar surface area (TPSA) is 58.6 Å². The molecule has 0 unspecified atom stereocenters. The van der Waals surface area contributed by atoms with Crippen molar-refractivity contribution in [1.82, 2.24) is 19.9 Å². The maximum absolute atomic E-state index is 6.04. The van der Waals surface area contributed by atoms with Gasteiger partial charge in [-0.25, -0.2) is 4.99 Å². The fourth-order valence-corrected chi connectivity index (χ4v) is 2.53. The number of nitrogens with zero attached hydrogens (tertiary/aromatic N) is 4. The van der Waals surface area contributed by atoms with Gasteiger partial charge in [-0.2, -0.15) is 0 Å². The standard InChI is InChI=1S/C16H24ClN5O/c1-5-13-8-15(23-20-13)9-19-16(18-6-2)22(4)11-14-7-12(17)10-21(14)3/h7-8,10H,5-6,9,11H2,1-4H3,(H,18,19). The van der Waals surface area contributed by atoms with E-state index in [0.29, 0.717) is 13.1 Å². The number of rotatable bonds is 6. The third kappa shape index (κ3) is 4.76. The van der Waals surface area contributed by atoms with Crippen molar-refractivity contribution in [3.05, 3.63) is 40.5 Å². The predicted octanol–water partition coefficient (Wildman–Crippen LogP) is 2.83. The minimum Gasteiger partial charge on any atom is -0.359 e. The number of aromatic nitrogens is 2. The maximum Gasteiger partial charge on any atom is 0.194 e. The van der Waals surface area contributed by atoms with Crippen molar-refractivity contribution in [2.24, 2.45) is 12.0 Å². The molecule has 0 saturated heterocycles. The zero-order valence-electron chi connectivity index (χ0n) is 14.1. The molecule has 0 aliphatic carbocycles. The monoisotopic (exact) mass is 337 g/mol. The molecule has 126 valence electrons. The molecule has 0 aliphatic heterocycles. The van der Waals surface area contributed by atoms with Crippen molar-refractivity contribution in [2.75, 3.05) is 13.6 Å². The Morgan fingerprint density at radius 3 is 2.78 bits per heavy atom. The summed E-state index contributed by atoms with van der Waals surface area (Å²) in [5, 5.41) is 8.02. The summed E-state index contributed by atoms with van der Waals surface area (Å²) in [7, 11) is 3.99. The van der Waals surface area contributed by atoms with Crippen LogP contribution >= 0.6 is 11.6 Å². The van der Waals surface area contributed by atoms with Crippen LogP contribution in [-0.2, 0) is 26.6 Å². The summed E-state index contributed by atoms with van der Waals surface area (Å²) >= 11 is 6.04. The van der Waals surface area contributed by atoms with Gasteiger partial charge in [0, 0.05) is 38.6 Å². The Kier molecular flexibility index (Phi) is 6.10. The predicted molar refractivity (Wildman–Crippen MR) is 92.6 cm³/mol. The van der Waals surface area contributed by atoms with Crippen molar-refractivity contribution in [3.63, 3.8) is 0 Å². The molecule has 0 aliphatic rings. The molecular weight excluding hydrogens is 314 g/mol. The van der Waals surface area contributed by atoms with E-state index in [4.69, 9.17) is 16.1 Å². The summed E-state index contributed by atoms with van der Waals surface area (Å²) in [6, 6.07) is 3.91. The van der Waals surface area contributed by atoms with E-state index in [9.17, 15) is 0 Å². The molecule has 0 amide bonds. The molecule has 2 aromatic heterocycles. The molecule has 1 N–H and O–H groups in total. The van der Waals surface area contributed by atoms with Crippen LogP contribution in [0.3, 0.4) is 0 Å². The Morgan fingerprint density at radius 1 is 1.43 bits per heavy atom. The minimum atomic E-state index is 0.466. The maximum atomic E-state index is 6.04. The molecule has 6 nitrogen and oxygen atoms in total. The third-order valence-electron chi connectivity index (χ3n) is 3.52. The van der Waals surface area contributed by atoms with Crippen LogP contribution in [0.2, 0.25) is 5.02 Å². The molecule has 0 bridgehead atoms. The van der Waals surface area contributed by atoms with Crippen molar-refractivity contribution >= 4 is 17.6 Å². The van der Waals surface area contributed by atoms with Crippen molar-refractivity contribution in [2.45, 2.75) is 33.4 Å². The molecule has 0 atom stereocenters. The molecule has 0 saturated carbocycles. The second-order valence-electron chi connectivity index (χ2n) is 5.42. The van der Waals surface area contributed by atoms with Gasteiger partial charge in [0.1, 0.15) is 6.54 Å². The van der Waals surface area contributed by atoms with E-state index < -0.39 is 0 Å². The molecule has 7 heteroatoms. The first-order valence-electron chi connectivity index (χ1n) is 7.78. The summed E-state index contributed by atoms with van der Waals surface area (Å²) in [4.78, 5) is 6.68. The van der Waals surface area contributed by atoms with Gasteiger partial charge in [-0.15, -0.1) is 0 Å². The Labute approximate surface area is 142 Å². The van der Waals surface area contributed by atoms with Crippen molar-refractivity contribution < 1.29 is 4.52 Å². The SMILES string of the molecule is CCNC(=NCc1cc(CC)no1)N(C)Cc1cc(Cl)cn1C. The highest BCUT2D eigenvalue weighted by Gasteiger charge is 2.10. The molecule has 2 heterocycles. The molecule has 0 spiro atoms. The Morgan fingerprint density at radius 2 is 2.22 bits per heavy atom. The van der Waals surface area contributed by atoms with Crippen molar-refractivity contribution in [1.29, 1.82) is 0 Å². The number of aryl methyl sites for hydroxylation is 2. The molecule has 0 fully saturated rings. The van der Waals surface area contributed by atoms with E-state index in [1.54, 1.807) is 0 Å². The summed E-state index contributed by atoms with van der Waals surface area (Å²) < 4.78 is 7.30. The van der Waals surface area contributed by atoms with Crippen LogP contribution in [0.5, 0.6) is 0 Å². The minimum absolute atomic E-state index is 0.466. The second-order valence-corrected chi connectivity index (χ2v) is 5.86. The third-order valence-corrected chi connectivity index (χ3v) is 3.73. The van der Waals surface area contributed by atoms with Crippen LogP contribution in [0, 0.1) is 0 Å². The quantitative estimate of drug-likeness (QED) is 0.650. The fourth-order valence-electron chi connectivity index (χ4n) is 2.26. The van der Waals surface area contributed by atoms with Crippen LogP contribution in [-0.4, -0.2) is 34.2 Å². The summed E-state index contributed by atoms with van der Waals surface area (Å²) in [6.07, 6.45) is 2.76. The lowest BCUT2D eigenvalue weighted by atomic mass is 10.3. The van der Waals surface area contributed by atoms with Crippen LogP contribution in [0.1, 0.15) is 31.0 Å². The van der Waals surface area contributed by atoms with E-state index >= 15 is 0 Å². The van der Waals surface area contributed by atoms with E-state index in [1.807, 2.05) is 50.8 Å². The molecule has 23 heavy (non-hydrogen) atoms. The highest BCUT2D eigenvalue weighted by atomic mass is 35.5. The van der Waals surface area contributed by atoms with Crippen LogP contribution < -0.4 is 5.32 Å². The first-order valence-corrected chi connectivity index (χ1v) is 8.15. The first-order chi connectivity index (χ1) is 11.0. The van der Waals surface area contributed by atoms with E-state index in [-0.39, 0.29) is 0 Å². The Bertz CT molecular complexity index is 661. The smallest absolute Gasteiger partial charge is 0.194 e. The number of hydrogen-bond acceptors (Lipinski definition) is 3. The summed E-state index contributed by atoms with van der Waals surface area (Å²) in [6.45, 7) is 6.08. The van der Waals surface area contributed by atoms with Gasteiger partial charge in [-0.1, -0.05) is 23.7 Å².